The van der Waals surface area contributed by atoms with Gasteiger partial charge < -0.3 is 0 Å². The van der Waals surface area contributed by atoms with Crippen molar-refractivity contribution in [1.29, 1.82) is 0 Å². The number of aromatic nitrogens is 4. The summed E-state index contributed by atoms with van der Waals surface area (Å²) in [5.74, 6) is -0.150. The highest BCUT2D eigenvalue weighted by Gasteiger charge is 2.12. The molecule has 0 atom stereocenters. The van der Waals surface area contributed by atoms with Crippen molar-refractivity contribution in [2.24, 2.45) is 0 Å². The molecule has 5 nitrogen and oxygen atoms in total. The van der Waals surface area contributed by atoms with Crippen molar-refractivity contribution < 1.29 is 4.79 Å². The third kappa shape index (κ3) is 1.90. The molecule has 0 bridgehead atoms. The highest BCUT2D eigenvalue weighted by Crippen LogP contribution is 2.05. The van der Waals surface area contributed by atoms with Crippen LogP contribution in [0.25, 0.3) is 0 Å². The molecule has 0 unspecified atom stereocenters. The van der Waals surface area contributed by atoms with Gasteiger partial charge in [0, 0.05) is 25.1 Å². The molecule has 2 heterocycles. The van der Waals surface area contributed by atoms with Crippen molar-refractivity contribution in [3.8, 4) is 0 Å². The van der Waals surface area contributed by atoms with E-state index in [0.29, 0.717) is 11.3 Å². The molecule has 2 aromatic rings. The lowest BCUT2D eigenvalue weighted by atomic mass is 10.2. The van der Waals surface area contributed by atoms with E-state index < -0.39 is 0 Å². The van der Waals surface area contributed by atoms with Crippen LogP contribution in [0.4, 0.5) is 0 Å². The molecule has 0 saturated carbocycles. The molecule has 0 N–H and O–H groups in total. The standard InChI is InChI=1S/C10H10N4O/c1-2-14-7-8(5-13-14)10(15)9-6-11-3-4-12-9/h3-7H,2H2,1H3. The molecular weight excluding hydrogens is 192 g/mol. The van der Waals surface area contributed by atoms with Crippen LogP contribution < -0.4 is 0 Å². The van der Waals surface area contributed by atoms with Crippen LogP contribution in [0.2, 0.25) is 0 Å². The Morgan fingerprint density at radius 1 is 1.40 bits per heavy atom. The van der Waals surface area contributed by atoms with E-state index in [0.717, 1.165) is 6.54 Å². The van der Waals surface area contributed by atoms with E-state index in [1.54, 1.807) is 17.1 Å². The number of hydrogen-bond acceptors (Lipinski definition) is 4. The number of ketones is 1. The van der Waals surface area contributed by atoms with Crippen LogP contribution in [0.5, 0.6) is 0 Å². The SMILES string of the molecule is CCn1cc(C(=O)c2cnccn2)cn1. The smallest absolute Gasteiger partial charge is 0.216 e. The summed E-state index contributed by atoms with van der Waals surface area (Å²) < 4.78 is 1.70. The van der Waals surface area contributed by atoms with Crippen molar-refractivity contribution in [3.05, 3.63) is 42.2 Å². The summed E-state index contributed by atoms with van der Waals surface area (Å²) in [4.78, 5) is 19.6. The fourth-order valence-electron chi connectivity index (χ4n) is 1.22. The zero-order valence-electron chi connectivity index (χ0n) is 8.29. The first kappa shape index (κ1) is 9.51. The Hall–Kier alpha value is -2.04. The van der Waals surface area contributed by atoms with Crippen molar-refractivity contribution in [1.82, 2.24) is 19.7 Å². The Kier molecular flexibility index (Phi) is 2.53. The average Bonchev–Trinajstić information content (AvgIpc) is 2.78. The molecule has 0 saturated heterocycles. The van der Waals surface area contributed by atoms with Crippen molar-refractivity contribution in [2.75, 3.05) is 0 Å². The summed E-state index contributed by atoms with van der Waals surface area (Å²) in [6.07, 6.45) is 7.73. The first-order valence-corrected chi connectivity index (χ1v) is 4.64. The Labute approximate surface area is 86.8 Å². The minimum Gasteiger partial charge on any atom is -0.287 e. The predicted octanol–water partition coefficient (Wildman–Crippen LogP) is 0.924. The molecule has 0 aliphatic rings. The van der Waals surface area contributed by atoms with E-state index in [1.807, 2.05) is 6.92 Å². The first-order valence-electron chi connectivity index (χ1n) is 4.64. The number of aryl methyl sites for hydroxylation is 1. The maximum Gasteiger partial charge on any atom is 0.216 e. The van der Waals surface area contributed by atoms with Gasteiger partial charge in [0.25, 0.3) is 0 Å². The van der Waals surface area contributed by atoms with E-state index in [2.05, 4.69) is 15.1 Å². The fourth-order valence-corrected chi connectivity index (χ4v) is 1.22. The molecule has 0 aliphatic carbocycles. The molecule has 0 aliphatic heterocycles. The number of carbonyl (C=O) groups excluding carboxylic acids is 1. The largest absolute Gasteiger partial charge is 0.287 e. The van der Waals surface area contributed by atoms with Crippen molar-refractivity contribution in [3.63, 3.8) is 0 Å². The van der Waals surface area contributed by atoms with Crippen LogP contribution in [-0.4, -0.2) is 25.5 Å². The van der Waals surface area contributed by atoms with Crippen LogP contribution in [0.15, 0.2) is 31.0 Å². The summed E-state index contributed by atoms with van der Waals surface area (Å²) in [6.45, 7) is 2.71. The van der Waals surface area contributed by atoms with Gasteiger partial charge in [-0.1, -0.05) is 0 Å². The minimum absolute atomic E-state index is 0.150. The van der Waals surface area contributed by atoms with Gasteiger partial charge in [0.05, 0.1) is 18.0 Å². The molecule has 15 heavy (non-hydrogen) atoms. The van der Waals surface area contributed by atoms with E-state index in [9.17, 15) is 4.79 Å². The van der Waals surface area contributed by atoms with Gasteiger partial charge in [0.1, 0.15) is 5.69 Å². The number of nitrogens with zero attached hydrogens (tertiary/aromatic N) is 4. The summed E-state index contributed by atoms with van der Waals surface area (Å²) in [6, 6.07) is 0. The van der Waals surface area contributed by atoms with Gasteiger partial charge in [0.2, 0.25) is 5.78 Å². The molecule has 0 amide bonds. The maximum absolute atomic E-state index is 11.8. The van der Waals surface area contributed by atoms with E-state index in [4.69, 9.17) is 0 Å². The fraction of sp³-hybridized carbons (Fsp3) is 0.200. The van der Waals surface area contributed by atoms with Gasteiger partial charge in [-0.05, 0) is 6.92 Å². The summed E-state index contributed by atoms with van der Waals surface area (Å²) >= 11 is 0. The van der Waals surface area contributed by atoms with Crippen molar-refractivity contribution in [2.45, 2.75) is 13.5 Å². The lowest BCUT2D eigenvalue weighted by Crippen LogP contribution is -2.03. The minimum atomic E-state index is -0.150. The Bertz CT molecular complexity index is 463. The molecule has 0 aromatic carbocycles. The van der Waals surface area contributed by atoms with E-state index in [-0.39, 0.29) is 5.78 Å². The van der Waals surface area contributed by atoms with Gasteiger partial charge in [-0.15, -0.1) is 0 Å². The molecule has 76 valence electrons. The van der Waals surface area contributed by atoms with Gasteiger partial charge in [-0.2, -0.15) is 5.10 Å². The number of carbonyl (C=O) groups is 1. The summed E-state index contributed by atoms with van der Waals surface area (Å²) in [5.41, 5.74) is 0.880. The molecular formula is C10H10N4O. The Balaban J connectivity index is 2.29. The second kappa shape index (κ2) is 4.00. The molecule has 2 aromatic heterocycles. The van der Waals surface area contributed by atoms with Crippen molar-refractivity contribution >= 4 is 5.78 Å². The third-order valence-corrected chi connectivity index (χ3v) is 2.02. The topological polar surface area (TPSA) is 60.7 Å². The number of hydrogen-bond donors (Lipinski definition) is 0. The van der Waals surface area contributed by atoms with E-state index in [1.165, 1.54) is 18.6 Å². The molecule has 5 heteroatoms. The third-order valence-electron chi connectivity index (χ3n) is 2.02. The van der Waals surface area contributed by atoms with E-state index >= 15 is 0 Å². The Morgan fingerprint density at radius 3 is 2.87 bits per heavy atom. The van der Waals surface area contributed by atoms with Crippen LogP contribution in [0.3, 0.4) is 0 Å². The maximum atomic E-state index is 11.8. The summed E-state index contributed by atoms with van der Waals surface area (Å²) in [5, 5.41) is 4.03. The van der Waals surface area contributed by atoms with Crippen LogP contribution >= 0.6 is 0 Å². The number of rotatable bonds is 3. The molecule has 0 fully saturated rings. The van der Waals surface area contributed by atoms with Crippen LogP contribution in [0, 0.1) is 0 Å². The highest BCUT2D eigenvalue weighted by molar-refractivity contribution is 6.07. The molecule has 2 rings (SSSR count). The van der Waals surface area contributed by atoms with Gasteiger partial charge in [-0.3, -0.25) is 14.5 Å². The van der Waals surface area contributed by atoms with Crippen LogP contribution in [-0.2, 0) is 6.54 Å². The molecule has 0 spiro atoms. The second-order valence-electron chi connectivity index (χ2n) is 3.00. The summed E-state index contributed by atoms with van der Waals surface area (Å²) in [7, 11) is 0. The molecule has 0 radical (unpaired) electrons. The lowest BCUT2D eigenvalue weighted by Gasteiger charge is -1.94. The second-order valence-corrected chi connectivity index (χ2v) is 3.00. The van der Waals surface area contributed by atoms with Crippen LogP contribution in [0.1, 0.15) is 23.0 Å². The Morgan fingerprint density at radius 2 is 2.27 bits per heavy atom. The zero-order chi connectivity index (χ0) is 10.7. The lowest BCUT2D eigenvalue weighted by molar-refractivity contribution is 0.103. The monoisotopic (exact) mass is 202 g/mol. The van der Waals surface area contributed by atoms with Gasteiger partial charge in [-0.25, -0.2) is 4.98 Å². The zero-order valence-corrected chi connectivity index (χ0v) is 8.29. The normalized spacial score (nSPS) is 10.2. The predicted molar refractivity (Wildman–Crippen MR) is 53.4 cm³/mol. The average molecular weight is 202 g/mol. The quantitative estimate of drug-likeness (QED) is 0.694. The van der Waals surface area contributed by atoms with Gasteiger partial charge in [0.15, 0.2) is 0 Å². The van der Waals surface area contributed by atoms with Gasteiger partial charge >= 0.3 is 0 Å². The first-order chi connectivity index (χ1) is 7.31. The highest BCUT2D eigenvalue weighted by atomic mass is 16.1.